The van der Waals surface area contributed by atoms with E-state index in [0.29, 0.717) is 22.8 Å². The Morgan fingerprint density at radius 2 is 1.76 bits per heavy atom. The van der Waals surface area contributed by atoms with E-state index in [1.54, 1.807) is 6.26 Å². The molecule has 182 valence electrons. The van der Waals surface area contributed by atoms with Gasteiger partial charge < -0.3 is 9.73 Å². The lowest BCUT2D eigenvalue weighted by Crippen LogP contribution is -2.61. The lowest BCUT2D eigenvalue weighted by atomic mass is 9.53. The maximum absolute atomic E-state index is 12.7. The molecule has 0 saturated heterocycles. The molecule has 4 bridgehead atoms. The third-order valence-electron chi connectivity index (χ3n) is 8.35. The standard InChI is InChI=1S/C25H33N5O3S/c31-21(26-23(32)27-25-12-16-9-17(13-25)11-18(10-16)14-25)15-34-24-29-28-22(20-7-4-8-33-20)30(24)19-5-2-1-3-6-19/h4,7-8,16-19H,1-3,5-6,9-15H2,(H2,26,27,31,32). The van der Waals surface area contributed by atoms with Crippen molar-refractivity contribution < 1.29 is 14.0 Å². The van der Waals surface area contributed by atoms with Crippen molar-refractivity contribution in [2.45, 2.75) is 87.4 Å². The second kappa shape index (κ2) is 9.06. The molecular weight excluding hydrogens is 450 g/mol. The van der Waals surface area contributed by atoms with Gasteiger partial charge in [-0.15, -0.1) is 10.2 Å². The Balaban J connectivity index is 1.09. The van der Waals surface area contributed by atoms with Gasteiger partial charge >= 0.3 is 6.03 Å². The zero-order valence-corrected chi connectivity index (χ0v) is 20.3. The molecule has 0 atom stereocenters. The molecule has 34 heavy (non-hydrogen) atoms. The topological polar surface area (TPSA) is 102 Å². The quantitative estimate of drug-likeness (QED) is 0.565. The van der Waals surface area contributed by atoms with Crippen molar-refractivity contribution in [3.8, 4) is 11.6 Å². The Kier molecular flexibility index (Phi) is 5.91. The normalized spacial score (nSPS) is 30.4. The molecule has 0 spiro atoms. The fraction of sp³-hybridized carbons (Fsp3) is 0.680. The van der Waals surface area contributed by atoms with E-state index in [0.717, 1.165) is 49.9 Å². The SMILES string of the molecule is O=C(CSc1nnc(-c2ccco2)n1C1CCCCC1)NC(=O)NC12CC3CC(CC(C3)C1)C2. The molecule has 2 aromatic rings. The second-order valence-electron chi connectivity index (χ2n) is 10.9. The summed E-state index contributed by atoms with van der Waals surface area (Å²) in [6.45, 7) is 0. The van der Waals surface area contributed by atoms with Crippen molar-refractivity contribution in [1.82, 2.24) is 25.4 Å². The molecule has 0 radical (unpaired) electrons. The number of amides is 3. The Labute approximate surface area is 204 Å². The molecule has 0 unspecified atom stereocenters. The van der Waals surface area contributed by atoms with Crippen LogP contribution in [0, 0.1) is 17.8 Å². The number of nitrogens with zero attached hydrogens (tertiary/aromatic N) is 3. The number of nitrogens with one attached hydrogen (secondary N) is 2. The number of rotatable bonds is 6. The first-order chi connectivity index (χ1) is 16.6. The van der Waals surface area contributed by atoms with Gasteiger partial charge in [0.05, 0.1) is 12.0 Å². The summed E-state index contributed by atoms with van der Waals surface area (Å²) in [4.78, 5) is 25.4. The van der Waals surface area contributed by atoms with Crippen LogP contribution in [0.3, 0.4) is 0 Å². The third kappa shape index (κ3) is 4.39. The highest BCUT2D eigenvalue weighted by molar-refractivity contribution is 7.99. The molecule has 9 heteroatoms. The fourth-order valence-corrected chi connectivity index (χ4v) is 8.25. The van der Waals surface area contributed by atoms with E-state index in [4.69, 9.17) is 4.42 Å². The first-order valence-corrected chi connectivity index (χ1v) is 13.8. The van der Waals surface area contributed by atoms with Crippen LogP contribution in [0.25, 0.3) is 11.6 Å². The summed E-state index contributed by atoms with van der Waals surface area (Å²) in [5, 5.41) is 15.3. The van der Waals surface area contributed by atoms with E-state index in [1.165, 1.54) is 50.3 Å². The molecule has 5 saturated carbocycles. The number of aromatic nitrogens is 3. The largest absolute Gasteiger partial charge is 0.461 e. The van der Waals surface area contributed by atoms with Gasteiger partial charge in [0.1, 0.15) is 0 Å². The maximum Gasteiger partial charge on any atom is 0.321 e. The van der Waals surface area contributed by atoms with Gasteiger partial charge in [-0.05, 0) is 81.3 Å². The van der Waals surface area contributed by atoms with Crippen molar-refractivity contribution in [3.63, 3.8) is 0 Å². The molecule has 5 aliphatic carbocycles. The van der Waals surface area contributed by atoms with Crippen molar-refractivity contribution in [2.24, 2.45) is 17.8 Å². The van der Waals surface area contributed by atoms with Gasteiger partial charge in [-0.1, -0.05) is 31.0 Å². The second-order valence-corrected chi connectivity index (χ2v) is 11.9. The van der Waals surface area contributed by atoms with Gasteiger partial charge in [0.2, 0.25) is 11.7 Å². The van der Waals surface area contributed by atoms with E-state index in [1.807, 2.05) is 12.1 Å². The van der Waals surface area contributed by atoms with E-state index < -0.39 is 0 Å². The predicted octanol–water partition coefficient (Wildman–Crippen LogP) is 4.93. The zero-order valence-electron chi connectivity index (χ0n) is 19.5. The lowest BCUT2D eigenvalue weighted by molar-refractivity contribution is -0.117. The van der Waals surface area contributed by atoms with Crippen LogP contribution in [0.1, 0.15) is 76.7 Å². The monoisotopic (exact) mass is 483 g/mol. The number of hydrogen-bond acceptors (Lipinski definition) is 6. The summed E-state index contributed by atoms with van der Waals surface area (Å²) in [6.07, 6.45) is 14.5. The Hall–Kier alpha value is -2.29. The first-order valence-electron chi connectivity index (χ1n) is 12.8. The van der Waals surface area contributed by atoms with Gasteiger partial charge in [0.25, 0.3) is 0 Å². The minimum atomic E-state index is -0.349. The smallest absolute Gasteiger partial charge is 0.321 e. The maximum atomic E-state index is 12.7. The predicted molar refractivity (Wildman–Crippen MR) is 128 cm³/mol. The zero-order chi connectivity index (χ0) is 23.1. The fourth-order valence-electron chi connectivity index (χ4n) is 7.45. The van der Waals surface area contributed by atoms with Gasteiger partial charge in [-0.2, -0.15) is 0 Å². The molecule has 8 nitrogen and oxygen atoms in total. The number of furan rings is 1. The van der Waals surface area contributed by atoms with Gasteiger partial charge in [-0.3, -0.25) is 14.7 Å². The molecule has 0 aromatic carbocycles. The summed E-state index contributed by atoms with van der Waals surface area (Å²) >= 11 is 1.33. The summed E-state index contributed by atoms with van der Waals surface area (Å²) < 4.78 is 7.72. The molecule has 2 heterocycles. The van der Waals surface area contributed by atoms with Crippen LogP contribution >= 0.6 is 11.8 Å². The van der Waals surface area contributed by atoms with Crippen LogP contribution in [0.2, 0.25) is 0 Å². The van der Waals surface area contributed by atoms with Crippen LogP contribution in [-0.2, 0) is 4.79 Å². The highest BCUT2D eigenvalue weighted by atomic mass is 32.2. The van der Waals surface area contributed by atoms with E-state index in [2.05, 4.69) is 25.4 Å². The summed E-state index contributed by atoms with van der Waals surface area (Å²) in [7, 11) is 0. The van der Waals surface area contributed by atoms with Crippen molar-refractivity contribution >= 4 is 23.7 Å². The van der Waals surface area contributed by atoms with E-state index in [-0.39, 0.29) is 23.2 Å². The minimum absolute atomic E-state index is 0.106. The van der Waals surface area contributed by atoms with Crippen LogP contribution in [0.5, 0.6) is 0 Å². The van der Waals surface area contributed by atoms with Crippen LogP contribution in [0.15, 0.2) is 28.0 Å². The van der Waals surface area contributed by atoms with Crippen molar-refractivity contribution in [1.29, 1.82) is 0 Å². The summed E-state index contributed by atoms with van der Waals surface area (Å²) in [6, 6.07) is 3.68. The Morgan fingerprint density at radius 3 is 2.41 bits per heavy atom. The Bertz CT molecular complexity index is 1010. The van der Waals surface area contributed by atoms with Gasteiger partial charge in [0, 0.05) is 11.6 Å². The molecule has 3 amide bonds. The molecule has 2 N–H and O–H groups in total. The molecule has 5 fully saturated rings. The average molecular weight is 484 g/mol. The average Bonchev–Trinajstić information content (AvgIpc) is 3.46. The summed E-state index contributed by atoms with van der Waals surface area (Å²) in [5.74, 6) is 3.44. The molecule has 2 aromatic heterocycles. The third-order valence-corrected chi connectivity index (χ3v) is 9.29. The number of thioether (sulfide) groups is 1. The van der Waals surface area contributed by atoms with E-state index >= 15 is 0 Å². The molecule has 0 aliphatic heterocycles. The number of carbonyl (C=O) groups excluding carboxylic acids is 2. The van der Waals surface area contributed by atoms with E-state index in [9.17, 15) is 9.59 Å². The molecule has 7 rings (SSSR count). The first kappa shape index (κ1) is 22.2. The highest BCUT2D eigenvalue weighted by Crippen LogP contribution is 2.55. The number of carbonyl (C=O) groups is 2. The minimum Gasteiger partial charge on any atom is -0.461 e. The number of urea groups is 1. The van der Waals surface area contributed by atoms with Crippen LogP contribution in [0.4, 0.5) is 4.79 Å². The highest BCUT2D eigenvalue weighted by Gasteiger charge is 2.51. The van der Waals surface area contributed by atoms with Crippen molar-refractivity contribution in [3.05, 3.63) is 18.4 Å². The molecular formula is C25H33N5O3S. The Morgan fingerprint density at radius 1 is 1.06 bits per heavy atom. The van der Waals surface area contributed by atoms with Crippen LogP contribution < -0.4 is 10.6 Å². The molecule has 5 aliphatic rings. The van der Waals surface area contributed by atoms with Gasteiger partial charge in [0.15, 0.2) is 10.9 Å². The van der Waals surface area contributed by atoms with Gasteiger partial charge in [-0.25, -0.2) is 4.79 Å². The summed E-state index contributed by atoms with van der Waals surface area (Å²) in [5.41, 5.74) is -0.106. The van der Waals surface area contributed by atoms with Crippen molar-refractivity contribution in [2.75, 3.05) is 5.75 Å². The lowest BCUT2D eigenvalue weighted by Gasteiger charge is -2.56. The number of imide groups is 1. The van der Waals surface area contributed by atoms with Crippen LogP contribution in [-0.4, -0.2) is 38.0 Å². The number of hydrogen-bond donors (Lipinski definition) is 2.